The average Bonchev–Trinajstić information content (AvgIpc) is 2.64. The van der Waals surface area contributed by atoms with Crippen LogP contribution in [0.1, 0.15) is 50.7 Å². The molecule has 1 heterocycles. The largest absolute Gasteiger partial charge is 0.492 e. The van der Waals surface area contributed by atoms with Crippen molar-refractivity contribution >= 4 is 11.6 Å². The minimum Gasteiger partial charge on any atom is -0.492 e. The van der Waals surface area contributed by atoms with E-state index in [1.165, 1.54) is 30.4 Å². The summed E-state index contributed by atoms with van der Waals surface area (Å²) in [5, 5.41) is 4.25. The highest BCUT2D eigenvalue weighted by Crippen LogP contribution is 2.35. The van der Waals surface area contributed by atoms with Crippen LogP contribution >= 0.6 is 11.6 Å². The second-order valence-corrected chi connectivity index (χ2v) is 7.83. The Labute approximate surface area is 156 Å². The van der Waals surface area contributed by atoms with Gasteiger partial charge in [0.05, 0.1) is 11.6 Å². The Bertz CT molecular complexity index is 678. The Morgan fingerprint density at radius 3 is 2.56 bits per heavy atom. The van der Waals surface area contributed by atoms with E-state index in [1.54, 1.807) is 0 Å². The van der Waals surface area contributed by atoms with Crippen LogP contribution in [0.4, 0.5) is 0 Å². The molecule has 0 radical (unpaired) electrons. The van der Waals surface area contributed by atoms with Gasteiger partial charge in [-0.15, -0.1) is 0 Å². The summed E-state index contributed by atoms with van der Waals surface area (Å²) in [5.74, 6) is 0.782. The van der Waals surface area contributed by atoms with Crippen molar-refractivity contribution in [3.8, 4) is 5.75 Å². The molecule has 1 saturated heterocycles. The molecule has 2 nitrogen and oxygen atoms in total. The van der Waals surface area contributed by atoms with Gasteiger partial charge in [0.15, 0.2) is 0 Å². The van der Waals surface area contributed by atoms with Crippen LogP contribution in [0.2, 0.25) is 5.02 Å². The molecule has 25 heavy (non-hydrogen) atoms. The van der Waals surface area contributed by atoms with E-state index in [4.69, 9.17) is 16.3 Å². The molecule has 1 aliphatic rings. The van der Waals surface area contributed by atoms with Crippen LogP contribution in [0.3, 0.4) is 0 Å². The van der Waals surface area contributed by atoms with Gasteiger partial charge in [0.2, 0.25) is 0 Å². The van der Waals surface area contributed by atoms with E-state index in [1.807, 2.05) is 18.2 Å². The predicted octanol–water partition coefficient (Wildman–Crippen LogP) is 5.58. The van der Waals surface area contributed by atoms with Crippen LogP contribution in [0.15, 0.2) is 48.5 Å². The number of nitrogens with one attached hydrogen (secondary N) is 1. The molecule has 2 aromatic carbocycles. The number of hydrogen-bond donors (Lipinski definition) is 1. The monoisotopic (exact) mass is 357 g/mol. The van der Waals surface area contributed by atoms with Gasteiger partial charge in [0.25, 0.3) is 0 Å². The van der Waals surface area contributed by atoms with E-state index in [0.717, 1.165) is 18.7 Å². The first-order valence-corrected chi connectivity index (χ1v) is 9.67. The van der Waals surface area contributed by atoms with Crippen LogP contribution in [-0.4, -0.2) is 19.2 Å². The minimum atomic E-state index is -0.0878. The molecule has 0 saturated carbocycles. The van der Waals surface area contributed by atoms with Crippen molar-refractivity contribution in [3.05, 3.63) is 64.7 Å². The van der Waals surface area contributed by atoms with E-state index in [2.05, 4.69) is 49.5 Å². The van der Waals surface area contributed by atoms with Crippen molar-refractivity contribution in [2.75, 3.05) is 13.2 Å². The summed E-state index contributed by atoms with van der Waals surface area (Å²) in [4.78, 5) is 0. The third kappa shape index (κ3) is 4.56. The lowest BCUT2D eigenvalue weighted by Crippen LogP contribution is -2.35. The molecule has 1 N–H and O–H groups in total. The predicted molar refractivity (Wildman–Crippen MR) is 106 cm³/mol. The van der Waals surface area contributed by atoms with Gasteiger partial charge >= 0.3 is 0 Å². The molecule has 3 heteroatoms. The molecule has 134 valence electrons. The van der Waals surface area contributed by atoms with Crippen molar-refractivity contribution in [1.29, 1.82) is 0 Å². The maximum atomic E-state index is 6.50. The van der Waals surface area contributed by atoms with Crippen molar-refractivity contribution in [1.82, 2.24) is 5.32 Å². The Balaban J connectivity index is 1.64. The Morgan fingerprint density at radius 1 is 1.08 bits per heavy atom. The van der Waals surface area contributed by atoms with E-state index < -0.39 is 0 Å². The highest BCUT2D eigenvalue weighted by molar-refractivity contribution is 6.32. The minimum absolute atomic E-state index is 0.0878. The number of halogens is 1. The topological polar surface area (TPSA) is 21.3 Å². The van der Waals surface area contributed by atoms with Gasteiger partial charge in [0.1, 0.15) is 5.75 Å². The third-order valence-corrected chi connectivity index (χ3v) is 5.58. The van der Waals surface area contributed by atoms with Gasteiger partial charge in [-0.3, -0.25) is 0 Å². The summed E-state index contributed by atoms with van der Waals surface area (Å²) in [6.07, 6.45) is 4.90. The summed E-state index contributed by atoms with van der Waals surface area (Å²) in [7, 11) is 0. The van der Waals surface area contributed by atoms with Crippen molar-refractivity contribution in [2.24, 2.45) is 0 Å². The molecule has 3 rings (SSSR count). The Kier molecular flexibility index (Phi) is 6.03. The molecule has 0 spiro atoms. The fraction of sp³-hybridized carbons (Fsp3) is 0.455. The number of ether oxygens (including phenoxy) is 1. The zero-order valence-corrected chi connectivity index (χ0v) is 16.0. The smallest absolute Gasteiger partial charge is 0.137 e. The molecular weight excluding hydrogens is 330 g/mol. The van der Waals surface area contributed by atoms with Gasteiger partial charge in [-0.2, -0.15) is 0 Å². The number of hydrogen-bond acceptors (Lipinski definition) is 2. The quantitative estimate of drug-likeness (QED) is 0.728. The van der Waals surface area contributed by atoms with Gasteiger partial charge in [-0.25, -0.2) is 0 Å². The summed E-state index contributed by atoms with van der Waals surface area (Å²) in [5.41, 5.74) is 2.39. The van der Waals surface area contributed by atoms with E-state index in [-0.39, 0.29) is 5.41 Å². The van der Waals surface area contributed by atoms with Gasteiger partial charge in [-0.05, 0) is 49.1 Å². The molecule has 0 bridgehead atoms. The molecule has 2 aromatic rings. The first kappa shape index (κ1) is 18.3. The number of rotatable bonds is 6. The molecule has 0 unspecified atom stereocenters. The Morgan fingerprint density at radius 2 is 1.88 bits per heavy atom. The highest BCUT2D eigenvalue weighted by Gasteiger charge is 2.23. The lowest BCUT2D eigenvalue weighted by Gasteiger charge is -2.27. The maximum absolute atomic E-state index is 6.50. The third-order valence-electron chi connectivity index (χ3n) is 5.29. The molecule has 0 amide bonds. The lowest BCUT2D eigenvalue weighted by atomic mass is 9.78. The summed E-state index contributed by atoms with van der Waals surface area (Å²) in [6, 6.07) is 17.3. The fourth-order valence-electron chi connectivity index (χ4n) is 3.51. The SMILES string of the molecule is CC(C)(c1ccccc1)c1ccc(OCC[C@@H]2CCCCN2)c(Cl)c1. The summed E-state index contributed by atoms with van der Waals surface area (Å²) < 4.78 is 5.94. The van der Waals surface area contributed by atoms with E-state index >= 15 is 0 Å². The maximum Gasteiger partial charge on any atom is 0.137 e. The van der Waals surface area contributed by atoms with Crippen molar-refractivity contribution < 1.29 is 4.74 Å². The van der Waals surface area contributed by atoms with Crippen LogP contribution in [0.5, 0.6) is 5.75 Å². The van der Waals surface area contributed by atoms with Gasteiger partial charge in [-0.1, -0.05) is 68.3 Å². The van der Waals surface area contributed by atoms with E-state index in [0.29, 0.717) is 17.7 Å². The second-order valence-electron chi connectivity index (χ2n) is 7.42. The van der Waals surface area contributed by atoms with Crippen molar-refractivity contribution in [3.63, 3.8) is 0 Å². The first-order valence-electron chi connectivity index (χ1n) is 9.29. The molecule has 0 aromatic heterocycles. The first-order chi connectivity index (χ1) is 12.1. The average molecular weight is 358 g/mol. The van der Waals surface area contributed by atoms with Gasteiger partial charge in [0, 0.05) is 11.5 Å². The zero-order chi connectivity index (χ0) is 17.7. The summed E-state index contributed by atoms with van der Waals surface area (Å²) in [6.45, 7) is 6.29. The normalized spacial score (nSPS) is 18.1. The summed E-state index contributed by atoms with van der Waals surface area (Å²) >= 11 is 6.50. The molecule has 1 aliphatic heterocycles. The zero-order valence-electron chi connectivity index (χ0n) is 15.2. The van der Waals surface area contributed by atoms with Gasteiger partial charge < -0.3 is 10.1 Å². The van der Waals surface area contributed by atoms with E-state index in [9.17, 15) is 0 Å². The molecular formula is C22H28ClNO. The lowest BCUT2D eigenvalue weighted by molar-refractivity contribution is 0.268. The molecule has 1 fully saturated rings. The Hall–Kier alpha value is -1.51. The molecule has 0 aliphatic carbocycles. The molecule has 1 atom stereocenters. The fourth-order valence-corrected chi connectivity index (χ4v) is 3.74. The highest BCUT2D eigenvalue weighted by atomic mass is 35.5. The van der Waals surface area contributed by atoms with Crippen molar-refractivity contribution in [2.45, 2.75) is 51.0 Å². The van der Waals surface area contributed by atoms with Crippen LogP contribution in [0, 0.1) is 0 Å². The second kappa shape index (κ2) is 8.25. The standard InChI is InChI=1S/C22H28ClNO/c1-22(2,17-8-4-3-5-9-17)18-11-12-21(20(23)16-18)25-15-13-19-10-6-7-14-24-19/h3-5,8-9,11-12,16,19,24H,6-7,10,13-15H2,1-2H3/t19-/m0/s1. The number of benzene rings is 2. The van der Waals surface area contributed by atoms with Crippen LogP contribution < -0.4 is 10.1 Å². The van der Waals surface area contributed by atoms with Crippen LogP contribution in [-0.2, 0) is 5.41 Å². The number of piperidine rings is 1. The van der Waals surface area contributed by atoms with Crippen LogP contribution in [0.25, 0.3) is 0 Å².